The molecule has 0 radical (unpaired) electrons. The highest BCUT2D eigenvalue weighted by atomic mass is 16.5. The van der Waals surface area contributed by atoms with Crippen molar-refractivity contribution in [3.63, 3.8) is 0 Å². The largest absolute Gasteiger partial charge is 0.493 e. The van der Waals surface area contributed by atoms with Crippen LogP contribution in [0, 0.1) is 5.92 Å². The van der Waals surface area contributed by atoms with Crippen LogP contribution >= 0.6 is 0 Å². The molecule has 0 aromatic heterocycles. The van der Waals surface area contributed by atoms with Crippen LogP contribution in [0.1, 0.15) is 30.4 Å². The molecule has 1 saturated heterocycles. The number of quaternary nitrogens is 1. The van der Waals surface area contributed by atoms with E-state index >= 15 is 0 Å². The van der Waals surface area contributed by atoms with E-state index in [0.29, 0.717) is 24.2 Å². The zero-order valence-electron chi connectivity index (χ0n) is 14.1. The summed E-state index contributed by atoms with van der Waals surface area (Å²) in [6.07, 6.45) is 3.54. The van der Waals surface area contributed by atoms with Crippen LogP contribution in [0.3, 0.4) is 0 Å². The maximum atomic E-state index is 12.7. The first-order valence-corrected chi connectivity index (χ1v) is 8.71. The molecule has 5 rings (SSSR count). The maximum Gasteiger partial charge on any atom is 0.174 e. The summed E-state index contributed by atoms with van der Waals surface area (Å²) in [6, 6.07) is 4.82. The number of carbonyl (C=O) groups is 1. The van der Waals surface area contributed by atoms with Crippen LogP contribution in [0.2, 0.25) is 0 Å². The lowest BCUT2D eigenvalue weighted by Gasteiger charge is -2.59. The summed E-state index contributed by atoms with van der Waals surface area (Å²) < 4.78 is 12.9. The van der Waals surface area contributed by atoms with Gasteiger partial charge in [0.25, 0.3) is 0 Å². The number of hydrogen-bond acceptors (Lipinski definition) is 3. The van der Waals surface area contributed by atoms with Gasteiger partial charge in [-0.2, -0.15) is 0 Å². The number of ketones is 1. The summed E-state index contributed by atoms with van der Waals surface area (Å²) in [5.74, 6) is 2.49. The molecule has 23 heavy (non-hydrogen) atoms. The molecule has 122 valence electrons. The number of likely N-dealkylation sites (tertiary alicyclic amines) is 1. The van der Waals surface area contributed by atoms with Gasteiger partial charge in [-0.15, -0.1) is 0 Å². The highest BCUT2D eigenvalue weighted by Gasteiger charge is 2.68. The lowest BCUT2D eigenvalue weighted by atomic mass is 9.51. The quantitative estimate of drug-likeness (QED) is 0.745. The molecule has 4 heteroatoms. The summed E-state index contributed by atoms with van der Waals surface area (Å²) in [7, 11) is 6.40. The number of Topliss-reactive ketones (excluding diaryl/α,β-unsaturated/α-hetero) is 1. The molecule has 4 nitrogen and oxygen atoms in total. The van der Waals surface area contributed by atoms with Gasteiger partial charge in [0.1, 0.15) is 0 Å². The molecule has 4 atom stereocenters. The fourth-order valence-corrected chi connectivity index (χ4v) is 6.05. The van der Waals surface area contributed by atoms with E-state index in [1.54, 1.807) is 7.11 Å². The third-order valence-corrected chi connectivity index (χ3v) is 7.15. The molecule has 2 bridgehead atoms. The summed E-state index contributed by atoms with van der Waals surface area (Å²) in [4.78, 5) is 12.7. The molecule has 1 aromatic rings. The molecule has 1 saturated carbocycles. The minimum Gasteiger partial charge on any atom is -0.493 e. The topological polar surface area (TPSA) is 35.5 Å². The summed E-state index contributed by atoms with van der Waals surface area (Å²) in [5, 5.41) is 0. The van der Waals surface area contributed by atoms with Crippen molar-refractivity contribution in [1.82, 2.24) is 0 Å². The second-order valence-electron chi connectivity index (χ2n) is 8.30. The predicted octanol–water partition coefficient (Wildman–Crippen LogP) is 2.08. The molecule has 2 heterocycles. The van der Waals surface area contributed by atoms with Crippen LogP contribution in [-0.4, -0.2) is 50.2 Å². The van der Waals surface area contributed by atoms with Gasteiger partial charge in [0.2, 0.25) is 0 Å². The van der Waals surface area contributed by atoms with Crippen molar-refractivity contribution in [3.05, 3.63) is 23.3 Å². The third kappa shape index (κ3) is 1.44. The Morgan fingerprint density at radius 2 is 2.17 bits per heavy atom. The number of methoxy groups -OCH3 is 1. The minimum atomic E-state index is -0.283. The highest BCUT2D eigenvalue weighted by Crippen LogP contribution is 2.63. The minimum absolute atomic E-state index is 0.0920. The van der Waals surface area contributed by atoms with Crippen molar-refractivity contribution in [2.24, 2.45) is 5.92 Å². The number of hydrogen-bond donors (Lipinski definition) is 0. The molecule has 1 aromatic carbocycles. The van der Waals surface area contributed by atoms with E-state index in [0.717, 1.165) is 41.8 Å². The number of piperidine rings is 1. The van der Waals surface area contributed by atoms with E-state index < -0.39 is 0 Å². The fraction of sp³-hybridized carbons (Fsp3) is 0.632. The zero-order valence-corrected chi connectivity index (χ0v) is 14.1. The van der Waals surface area contributed by atoms with Gasteiger partial charge in [0.15, 0.2) is 23.4 Å². The smallest absolute Gasteiger partial charge is 0.174 e. The average molecular weight is 314 g/mol. The normalized spacial score (nSPS) is 38.7. The van der Waals surface area contributed by atoms with Gasteiger partial charge in [-0.3, -0.25) is 4.79 Å². The average Bonchev–Trinajstić information content (AvgIpc) is 2.88. The number of benzene rings is 1. The van der Waals surface area contributed by atoms with E-state index in [9.17, 15) is 4.79 Å². The van der Waals surface area contributed by atoms with Gasteiger partial charge in [0, 0.05) is 30.7 Å². The predicted molar refractivity (Wildman–Crippen MR) is 85.9 cm³/mol. The number of nitrogens with zero attached hydrogens (tertiary/aromatic N) is 1. The first-order valence-electron chi connectivity index (χ1n) is 8.71. The molecule has 2 fully saturated rings. The first kappa shape index (κ1) is 13.8. The van der Waals surface area contributed by atoms with E-state index in [-0.39, 0.29) is 11.5 Å². The van der Waals surface area contributed by atoms with E-state index in [1.165, 1.54) is 11.1 Å². The van der Waals surface area contributed by atoms with Gasteiger partial charge in [0.05, 0.1) is 39.2 Å². The van der Waals surface area contributed by atoms with Crippen molar-refractivity contribution in [2.45, 2.75) is 43.2 Å². The van der Waals surface area contributed by atoms with E-state index in [2.05, 4.69) is 20.2 Å². The lowest BCUT2D eigenvalue weighted by molar-refractivity contribution is -0.927. The SMILES string of the molecule is COc1ccc2c3c1O[C@H]1C(=O)CC[C@H]4[C@@H](C2)[N+](C)(C)CC[C@]314. The molecule has 0 amide bonds. The van der Waals surface area contributed by atoms with Crippen LogP contribution in [0.5, 0.6) is 11.5 Å². The van der Waals surface area contributed by atoms with Crippen LogP contribution in [0.25, 0.3) is 0 Å². The lowest BCUT2D eigenvalue weighted by Crippen LogP contribution is -2.70. The maximum absolute atomic E-state index is 12.7. The second-order valence-corrected chi connectivity index (χ2v) is 8.30. The Hall–Kier alpha value is -1.55. The zero-order chi connectivity index (χ0) is 16.0. The number of likely N-dealkylation sites (N-methyl/N-ethyl adjacent to an activating group) is 1. The molecule has 2 aliphatic carbocycles. The van der Waals surface area contributed by atoms with Crippen LogP contribution in [-0.2, 0) is 16.6 Å². The van der Waals surface area contributed by atoms with E-state index in [1.807, 2.05) is 6.07 Å². The number of carbonyl (C=O) groups excluding carboxylic acids is 1. The monoisotopic (exact) mass is 314 g/mol. The van der Waals surface area contributed by atoms with Crippen LogP contribution < -0.4 is 9.47 Å². The third-order valence-electron chi connectivity index (χ3n) is 7.15. The van der Waals surface area contributed by atoms with Gasteiger partial charge in [-0.25, -0.2) is 0 Å². The van der Waals surface area contributed by atoms with Crippen molar-refractivity contribution >= 4 is 5.78 Å². The van der Waals surface area contributed by atoms with Crippen LogP contribution in [0.4, 0.5) is 0 Å². The number of rotatable bonds is 1. The molecule has 4 aliphatic rings. The van der Waals surface area contributed by atoms with Crippen molar-refractivity contribution in [2.75, 3.05) is 27.7 Å². The summed E-state index contributed by atoms with van der Waals surface area (Å²) in [6.45, 7) is 1.12. The van der Waals surface area contributed by atoms with Crippen molar-refractivity contribution < 1.29 is 18.8 Å². The Labute approximate surface area is 137 Å². The molecular weight excluding hydrogens is 290 g/mol. The Morgan fingerprint density at radius 1 is 1.35 bits per heavy atom. The highest BCUT2D eigenvalue weighted by molar-refractivity contribution is 5.89. The van der Waals surface area contributed by atoms with Gasteiger partial charge < -0.3 is 14.0 Å². The van der Waals surface area contributed by atoms with Crippen molar-refractivity contribution in [1.29, 1.82) is 0 Å². The molecule has 2 aliphatic heterocycles. The summed E-state index contributed by atoms with van der Waals surface area (Å²) >= 11 is 0. The molecule has 0 N–H and O–H groups in total. The van der Waals surface area contributed by atoms with Gasteiger partial charge >= 0.3 is 0 Å². The molecule has 0 unspecified atom stereocenters. The Kier molecular flexibility index (Phi) is 2.47. The Balaban J connectivity index is 1.81. The van der Waals surface area contributed by atoms with Crippen molar-refractivity contribution in [3.8, 4) is 11.5 Å². The van der Waals surface area contributed by atoms with Gasteiger partial charge in [-0.1, -0.05) is 6.07 Å². The Morgan fingerprint density at radius 3 is 2.96 bits per heavy atom. The van der Waals surface area contributed by atoms with E-state index in [4.69, 9.17) is 9.47 Å². The second kappa shape index (κ2) is 4.10. The number of ether oxygens (including phenoxy) is 2. The summed E-state index contributed by atoms with van der Waals surface area (Å²) in [5.41, 5.74) is 2.60. The molecule has 1 spiro atoms. The fourth-order valence-electron chi connectivity index (χ4n) is 6.05. The van der Waals surface area contributed by atoms with Crippen LogP contribution in [0.15, 0.2) is 12.1 Å². The molecular formula is C19H24NO3+. The standard InChI is InChI=1S/C19H24NO3/c1-20(2)9-8-19-12-5-6-14(21)18(19)23-17-15(22-3)7-4-11(16(17)19)10-13(12)20/h4,7,12-13,18H,5-6,8-10H2,1-3H3/q+1/t12-,13+,18-,19-/m0/s1. The van der Waals surface area contributed by atoms with Gasteiger partial charge in [-0.05, 0) is 18.1 Å². The first-order chi connectivity index (χ1) is 11.0. The Bertz CT molecular complexity index is 726.